The molecule has 1 aliphatic rings. The predicted molar refractivity (Wildman–Crippen MR) is 142 cm³/mol. The molecule has 1 aromatic heterocycles. The summed E-state index contributed by atoms with van der Waals surface area (Å²) in [4.78, 5) is 28.5. The van der Waals surface area contributed by atoms with Crippen LogP contribution < -0.4 is 4.74 Å². The maximum Gasteiger partial charge on any atom is 0.340 e. The average molecular weight is 557 g/mol. The minimum absolute atomic E-state index is 0.162. The molecule has 0 atom stereocenters. The highest BCUT2D eigenvalue weighted by atomic mass is 79.9. The number of piperidine rings is 1. The third-order valence-corrected chi connectivity index (χ3v) is 7.77. The molecule has 0 radical (unpaired) electrons. The van der Waals surface area contributed by atoms with Gasteiger partial charge in [-0.2, -0.15) is 0 Å². The molecule has 192 valence electrons. The van der Waals surface area contributed by atoms with Crippen LogP contribution in [0.25, 0.3) is 10.9 Å². The number of hydrogen-bond acceptors (Lipinski definition) is 6. The second kappa shape index (κ2) is 11.0. The van der Waals surface area contributed by atoms with Crippen molar-refractivity contribution in [2.45, 2.75) is 38.6 Å². The van der Waals surface area contributed by atoms with Gasteiger partial charge in [0.05, 0.1) is 41.3 Å². The summed E-state index contributed by atoms with van der Waals surface area (Å²) in [5, 5.41) is 0.799. The van der Waals surface area contributed by atoms with E-state index in [4.69, 9.17) is 14.2 Å². The number of carbonyl (C=O) groups is 2. The van der Waals surface area contributed by atoms with Gasteiger partial charge in [-0.3, -0.25) is 9.69 Å². The van der Waals surface area contributed by atoms with E-state index in [2.05, 4.69) is 25.4 Å². The Morgan fingerprint density at radius 3 is 2.31 bits per heavy atom. The smallest absolute Gasteiger partial charge is 0.340 e. The Hall–Kier alpha value is -2.84. The van der Waals surface area contributed by atoms with E-state index < -0.39 is 5.41 Å². The predicted octanol–water partition coefficient (Wildman–Crippen LogP) is 5.22. The van der Waals surface area contributed by atoms with Crippen molar-refractivity contribution >= 4 is 38.8 Å². The standard InChI is InChI=1S/C28H33BrN2O5/c1-5-35-26(32)25-20-16-24(34-4)21(29)17-22(20)30(3)23(25)18-31-14-12-28(13-15-31,27(33)36-6-2)19-10-8-7-9-11-19/h7-11,16-17H,5-6,12-15,18H2,1-4H3. The van der Waals surface area contributed by atoms with Gasteiger partial charge in [-0.25, -0.2) is 4.79 Å². The number of rotatable bonds is 8. The van der Waals surface area contributed by atoms with Gasteiger partial charge in [0.15, 0.2) is 0 Å². The molecule has 2 aromatic carbocycles. The molecule has 2 heterocycles. The van der Waals surface area contributed by atoms with Crippen LogP contribution >= 0.6 is 15.9 Å². The number of fused-ring (bicyclic) bond motifs is 1. The lowest BCUT2D eigenvalue weighted by molar-refractivity contribution is -0.152. The van der Waals surface area contributed by atoms with Crippen molar-refractivity contribution in [2.75, 3.05) is 33.4 Å². The Balaban J connectivity index is 1.67. The lowest BCUT2D eigenvalue weighted by atomic mass is 9.72. The number of ether oxygens (including phenoxy) is 3. The Kier molecular flexibility index (Phi) is 8.05. The fourth-order valence-corrected chi connectivity index (χ4v) is 5.70. The summed E-state index contributed by atoms with van der Waals surface area (Å²) < 4.78 is 19.3. The van der Waals surface area contributed by atoms with Gasteiger partial charge in [0.1, 0.15) is 5.75 Å². The maximum absolute atomic E-state index is 13.1. The van der Waals surface area contributed by atoms with Crippen LogP contribution in [0.1, 0.15) is 48.3 Å². The summed E-state index contributed by atoms with van der Waals surface area (Å²) in [5.41, 5.74) is 2.70. The summed E-state index contributed by atoms with van der Waals surface area (Å²) in [5.74, 6) is 0.152. The summed E-state index contributed by atoms with van der Waals surface area (Å²) in [7, 11) is 3.58. The van der Waals surface area contributed by atoms with Gasteiger partial charge in [-0.05, 0) is 73.4 Å². The van der Waals surface area contributed by atoms with Crippen LogP contribution in [0.5, 0.6) is 5.75 Å². The molecule has 8 heteroatoms. The van der Waals surface area contributed by atoms with Crippen LogP contribution in [0.2, 0.25) is 0 Å². The number of aromatic nitrogens is 1. The Bertz CT molecular complexity index is 1250. The van der Waals surface area contributed by atoms with Gasteiger partial charge >= 0.3 is 11.9 Å². The number of benzene rings is 2. The lowest BCUT2D eigenvalue weighted by Crippen LogP contribution is -2.48. The highest BCUT2D eigenvalue weighted by Gasteiger charge is 2.44. The summed E-state index contributed by atoms with van der Waals surface area (Å²) in [6.45, 7) is 6.27. The molecule has 0 unspecified atom stereocenters. The maximum atomic E-state index is 13.1. The van der Waals surface area contributed by atoms with Crippen LogP contribution in [0.15, 0.2) is 46.9 Å². The number of hydrogen-bond donors (Lipinski definition) is 0. The molecule has 4 rings (SSSR count). The van der Waals surface area contributed by atoms with Gasteiger partial charge in [0.25, 0.3) is 0 Å². The van der Waals surface area contributed by atoms with Crippen molar-refractivity contribution in [3.63, 3.8) is 0 Å². The van der Waals surface area contributed by atoms with E-state index in [0.29, 0.717) is 57.0 Å². The molecule has 36 heavy (non-hydrogen) atoms. The van der Waals surface area contributed by atoms with Crippen molar-refractivity contribution < 1.29 is 23.8 Å². The second-order valence-electron chi connectivity index (χ2n) is 9.05. The van der Waals surface area contributed by atoms with Crippen molar-refractivity contribution in [1.29, 1.82) is 0 Å². The normalized spacial score (nSPS) is 15.6. The first-order chi connectivity index (χ1) is 17.4. The largest absolute Gasteiger partial charge is 0.496 e. The van der Waals surface area contributed by atoms with E-state index in [0.717, 1.165) is 26.6 Å². The van der Waals surface area contributed by atoms with Crippen molar-refractivity contribution in [3.8, 4) is 5.75 Å². The summed E-state index contributed by atoms with van der Waals surface area (Å²) >= 11 is 3.56. The van der Waals surface area contributed by atoms with Crippen LogP contribution in [-0.2, 0) is 33.3 Å². The topological polar surface area (TPSA) is 70.0 Å². The number of methoxy groups -OCH3 is 1. The molecule has 1 fully saturated rings. The number of halogens is 1. The monoisotopic (exact) mass is 556 g/mol. The highest BCUT2D eigenvalue weighted by molar-refractivity contribution is 9.10. The first-order valence-electron chi connectivity index (χ1n) is 12.3. The van der Waals surface area contributed by atoms with Crippen molar-refractivity contribution in [2.24, 2.45) is 7.05 Å². The first kappa shape index (κ1) is 26.2. The van der Waals surface area contributed by atoms with Gasteiger partial charge < -0.3 is 18.8 Å². The Morgan fingerprint density at radius 2 is 1.69 bits per heavy atom. The zero-order valence-electron chi connectivity index (χ0n) is 21.3. The zero-order valence-corrected chi connectivity index (χ0v) is 22.9. The summed E-state index contributed by atoms with van der Waals surface area (Å²) in [6, 6.07) is 13.8. The number of likely N-dealkylation sites (tertiary alicyclic amines) is 1. The van der Waals surface area contributed by atoms with Crippen molar-refractivity contribution in [1.82, 2.24) is 9.47 Å². The SMILES string of the molecule is CCOC(=O)c1c(CN2CCC(C(=O)OCC)(c3ccccc3)CC2)n(C)c2cc(Br)c(OC)cc12. The van der Waals surface area contributed by atoms with Crippen LogP contribution in [0.3, 0.4) is 0 Å². The molecule has 0 saturated carbocycles. The van der Waals surface area contributed by atoms with E-state index in [1.54, 1.807) is 7.11 Å². The van der Waals surface area contributed by atoms with Gasteiger partial charge in [-0.15, -0.1) is 0 Å². The second-order valence-corrected chi connectivity index (χ2v) is 9.90. The molecular weight excluding hydrogens is 524 g/mol. The van der Waals surface area contributed by atoms with Crippen LogP contribution in [-0.4, -0.2) is 54.8 Å². The lowest BCUT2D eigenvalue weighted by Gasteiger charge is -2.40. The van der Waals surface area contributed by atoms with E-state index in [1.165, 1.54) is 0 Å². The quantitative estimate of drug-likeness (QED) is 0.354. The third kappa shape index (κ3) is 4.76. The minimum Gasteiger partial charge on any atom is -0.496 e. The van der Waals surface area contributed by atoms with Crippen LogP contribution in [0.4, 0.5) is 0 Å². The molecule has 0 bridgehead atoms. The molecule has 0 spiro atoms. The molecule has 0 aliphatic carbocycles. The average Bonchev–Trinajstić information content (AvgIpc) is 3.15. The van der Waals surface area contributed by atoms with Gasteiger partial charge in [0, 0.05) is 24.7 Å². The fraction of sp³-hybridized carbons (Fsp3) is 0.429. The third-order valence-electron chi connectivity index (χ3n) is 7.15. The van der Waals surface area contributed by atoms with E-state index in [-0.39, 0.29) is 11.9 Å². The van der Waals surface area contributed by atoms with Gasteiger partial charge in [-0.1, -0.05) is 30.3 Å². The molecule has 1 aliphatic heterocycles. The van der Waals surface area contributed by atoms with E-state index >= 15 is 0 Å². The number of aryl methyl sites for hydroxylation is 1. The number of carbonyl (C=O) groups excluding carboxylic acids is 2. The minimum atomic E-state index is -0.658. The highest BCUT2D eigenvalue weighted by Crippen LogP contribution is 2.39. The van der Waals surface area contributed by atoms with E-state index in [9.17, 15) is 9.59 Å². The molecule has 0 N–H and O–H groups in total. The molecule has 1 saturated heterocycles. The zero-order chi connectivity index (χ0) is 25.9. The number of esters is 2. The summed E-state index contributed by atoms with van der Waals surface area (Å²) in [6.07, 6.45) is 1.29. The fourth-order valence-electron chi connectivity index (χ4n) is 5.20. The molecule has 7 nitrogen and oxygen atoms in total. The first-order valence-corrected chi connectivity index (χ1v) is 13.1. The Morgan fingerprint density at radius 1 is 1.03 bits per heavy atom. The Labute approximate surface area is 220 Å². The van der Waals surface area contributed by atoms with Crippen molar-refractivity contribution in [3.05, 3.63) is 63.8 Å². The number of nitrogens with zero attached hydrogens (tertiary/aromatic N) is 2. The van der Waals surface area contributed by atoms with E-state index in [1.807, 2.05) is 63.4 Å². The van der Waals surface area contributed by atoms with Crippen LogP contribution in [0, 0.1) is 0 Å². The molecular formula is C28H33BrN2O5. The molecule has 3 aromatic rings. The molecule has 0 amide bonds. The van der Waals surface area contributed by atoms with Gasteiger partial charge in [0.2, 0.25) is 0 Å².